The third-order valence-electron chi connectivity index (χ3n) is 5.76. The van der Waals surface area contributed by atoms with Crippen molar-refractivity contribution in [3.63, 3.8) is 0 Å². The zero-order chi connectivity index (χ0) is 29.9. The van der Waals surface area contributed by atoms with Crippen LogP contribution in [0.15, 0.2) is 95.5 Å². The maximum Gasteiger partial charge on any atom is 0.342 e. The lowest BCUT2D eigenvalue weighted by molar-refractivity contribution is -0.162. The van der Waals surface area contributed by atoms with Gasteiger partial charge >= 0.3 is 5.97 Å². The molecule has 3 rings (SSSR count). The van der Waals surface area contributed by atoms with Crippen molar-refractivity contribution < 1.29 is 24.5 Å². The van der Waals surface area contributed by atoms with E-state index < -0.39 is 18.4 Å². The van der Waals surface area contributed by atoms with Gasteiger partial charge < -0.3 is 19.7 Å². The summed E-state index contributed by atoms with van der Waals surface area (Å²) in [5.74, 6) is -0.507. The van der Waals surface area contributed by atoms with Gasteiger partial charge in [0.2, 0.25) is 0 Å². The number of anilines is 1. The van der Waals surface area contributed by atoms with Crippen LogP contribution >= 0.6 is 34.8 Å². The van der Waals surface area contributed by atoms with Crippen molar-refractivity contribution in [1.82, 2.24) is 0 Å². The Kier molecular flexibility index (Phi) is 13.0. The van der Waals surface area contributed by atoms with Crippen molar-refractivity contribution in [2.24, 2.45) is 5.10 Å². The molecule has 0 aliphatic carbocycles. The van der Waals surface area contributed by atoms with Crippen molar-refractivity contribution in [2.45, 2.75) is 39.2 Å². The Bertz CT molecular complexity index is 1340. The van der Waals surface area contributed by atoms with E-state index in [1.54, 1.807) is 47.5 Å². The molecule has 1 aliphatic heterocycles. The average Bonchev–Trinajstić information content (AvgIpc) is 2.97. The van der Waals surface area contributed by atoms with Crippen molar-refractivity contribution in [3.8, 4) is 0 Å². The van der Waals surface area contributed by atoms with Gasteiger partial charge in [0.25, 0.3) is 0 Å². The molecule has 2 aromatic carbocycles. The fraction of sp³-hybridized carbons (Fsp3) is 0.267. The zero-order valence-corrected chi connectivity index (χ0v) is 25.1. The smallest absolute Gasteiger partial charge is 0.342 e. The SMILES string of the molecule is C=C/C(=C\C(=C/C)C1=CCC(CC(O)(C(=O)OC)c2cccc(Cl)c2)=NN1c1cc(Cl)ccc1Cl)OCO.CC. The molecule has 0 saturated carbocycles. The van der Waals surface area contributed by atoms with Crippen molar-refractivity contribution in [1.29, 1.82) is 0 Å². The van der Waals surface area contributed by atoms with Gasteiger partial charge in [0.1, 0.15) is 5.76 Å². The Morgan fingerprint density at radius 1 is 1.18 bits per heavy atom. The summed E-state index contributed by atoms with van der Waals surface area (Å²) in [5, 5.41) is 28.3. The highest BCUT2D eigenvalue weighted by atomic mass is 35.5. The number of aliphatic hydroxyl groups is 2. The van der Waals surface area contributed by atoms with Crippen LogP contribution in [-0.4, -0.2) is 35.8 Å². The van der Waals surface area contributed by atoms with E-state index in [4.69, 9.17) is 49.4 Å². The molecule has 2 N–H and O–H groups in total. The summed E-state index contributed by atoms with van der Waals surface area (Å²) in [4.78, 5) is 12.8. The maximum atomic E-state index is 12.8. The summed E-state index contributed by atoms with van der Waals surface area (Å²) >= 11 is 19.0. The van der Waals surface area contributed by atoms with E-state index in [2.05, 4.69) is 6.58 Å². The minimum atomic E-state index is -2.04. The maximum absolute atomic E-state index is 12.8. The van der Waals surface area contributed by atoms with E-state index in [-0.39, 0.29) is 12.0 Å². The number of rotatable bonds is 10. The highest BCUT2D eigenvalue weighted by Gasteiger charge is 2.41. The van der Waals surface area contributed by atoms with Crippen LogP contribution in [0.25, 0.3) is 0 Å². The predicted molar refractivity (Wildman–Crippen MR) is 163 cm³/mol. The minimum Gasteiger partial charge on any atom is -0.468 e. The molecular formula is C30H33Cl3N2O5. The Morgan fingerprint density at radius 3 is 2.48 bits per heavy atom. The molecule has 214 valence electrons. The molecule has 2 aromatic rings. The number of methoxy groups -OCH3 is 1. The third kappa shape index (κ3) is 7.99. The van der Waals surface area contributed by atoms with Gasteiger partial charge in [-0.3, -0.25) is 0 Å². The molecule has 1 atom stereocenters. The normalized spacial score (nSPS) is 15.2. The molecule has 1 heterocycles. The predicted octanol–water partition coefficient (Wildman–Crippen LogP) is 7.56. The van der Waals surface area contributed by atoms with E-state index >= 15 is 0 Å². The molecule has 7 nitrogen and oxygen atoms in total. The number of carbonyl (C=O) groups is 1. The number of hydrogen-bond acceptors (Lipinski definition) is 7. The van der Waals surface area contributed by atoms with Crippen LogP contribution in [0.4, 0.5) is 5.69 Å². The second-order valence-electron chi connectivity index (χ2n) is 8.17. The van der Waals surface area contributed by atoms with E-state index in [1.165, 1.54) is 19.3 Å². The number of carbonyl (C=O) groups excluding carboxylic acids is 1. The summed E-state index contributed by atoms with van der Waals surface area (Å²) in [6, 6.07) is 11.3. The van der Waals surface area contributed by atoms with Gasteiger partial charge in [-0.25, -0.2) is 9.80 Å². The number of ether oxygens (including phenoxy) is 2. The first-order valence-electron chi connectivity index (χ1n) is 12.5. The van der Waals surface area contributed by atoms with Gasteiger partial charge in [-0.2, -0.15) is 5.10 Å². The first kappa shape index (κ1) is 33.1. The van der Waals surface area contributed by atoms with Crippen LogP contribution in [0.5, 0.6) is 0 Å². The van der Waals surface area contributed by atoms with E-state index in [0.717, 1.165) is 0 Å². The van der Waals surface area contributed by atoms with Gasteiger partial charge in [-0.15, -0.1) is 0 Å². The number of hydrogen-bond donors (Lipinski definition) is 2. The van der Waals surface area contributed by atoms with Crippen LogP contribution in [0.2, 0.25) is 15.1 Å². The van der Waals surface area contributed by atoms with Crippen molar-refractivity contribution in [3.05, 3.63) is 111 Å². The molecule has 0 spiro atoms. The van der Waals surface area contributed by atoms with Gasteiger partial charge in [-0.05, 0) is 60.5 Å². The summed E-state index contributed by atoms with van der Waals surface area (Å²) in [6.45, 7) is 9.03. The fourth-order valence-electron chi connectivity index (χ4n) is 3.91. The zero-order valence-electron chi connectivity index (χ0n) is 22.8. The highest BCUT2D eigenvalue weighted by molar-refractivity contribution is 6.35. The number of esters is 1. The molecule has 0 saturated heterocycles. The average molecular weight is 608 g/mol. The quantitative estimate of drug-likeness (QED) is 0.125. The van der Waals surface area contributed by atoms with Crippen LogP contribution in [0.1, 0.15) is 39.2 Å². The van der Waals surface area contributed by atoms with E-state index in [9.17, 15) is 15.0 Å². The van der Waals surface area contributed by atoms with Gasteiger partial charge in [0.15, 0.2) is 12.4 Å². The number of allylic oxidation sites excluding steroid dienone is 4. The van der Waals surface area contributed by atoms with Gasteiger partial charge in [-0.1, -0.05) is 79.5 Å². The standard InChI is InChI=1S/C28H27Cl3N2O5.C2H6/c1-4-18(13-23(5-2)38-17-34)25-12-10-22(32-33(25)26-15-21(30)9-11-24(26)31)16-28(36,27(35)37-3)19-7-6-8-20(29)14-19;1-2/h4-9,11-15,34,36H,2,10,16-17H2,1,3H3;1-2H3/b18-4+,23-13+;. The molecule has 1 aliphatic rings. The number of nitrogens with zero attached hydrogens (tertiary/aromatic N) is 2. The molecular weight excluding hydrogens is 575 g/mol. The van der Waals surface area contributed by atoms with E-state index in [0.29, 0.717) is 49.9 Å². The number of aliphatic hydroxyl groups excluding tert-OH is 1. The van der Waals surface area contributed by atoms with Crippen LogP contribution in [0.3, 0.4) is 0 Å². The van der Waals surface area contributed by atoms with Gasteiger partial charge in [0.05, 0.1) is 23.5 Å². The summed E-state index contributed by atoms with van der Waals surface area (Å²) in [6.07, 6.45) is 6.98. The molecule has 0 amide bonds. The molecule has 0 fully saturated rings. The minimum absolute atomic E-state index is 0.176. The molecule has 1 unspecified atom stereocenters. The second kappa shape index (κ2) is 15.6. The lowest BCUT2D eigenvalue weighted by atomic mass is 9.87. The number of benzene rings is 2. The molecule has 0 aromatic heterocycles. The third-order valence-corrected chi connectivity index (χ3v) is 6.55. The van der Waals surface area contributed by atoms with Crippen LogP contribution in [0, 0.1) is 0 Å². The number of halogens is 3. The first-order valence-corrected chi connectivity index (χ1v) is 13.6. The summed E-state index contributed by atoms with van der Waals surface area (Å²) < 4.78 is 10.2. The van der Waals surface area contributed by atoms with Crippen LogP contribution < -0.4 is 5.01 Å². The van der Waals surface area contributed by atoms with Crippen molar-refractivity contribution >= 4 is 52.2 Å². The Morgan fingerprint density at radius 2 is 1.88 bits per heavy atom. The molecule has 10 heteroatoms. The number of hydrazone groups is 1. The monoisotopic (exact) mass is 606 g/mol. The topological polar surface area (TPSA) is 91.6 Å². The van der Waals surface area contributed by atoms with Crippen molar-refractivity contribution in [2.75, 3.05) is 18.9 Å². The lowest BCUT2D eigenvalue weighted by Crippen LogP contribution is -2.40. The second-order valence-corrected chi connectivity index (χ2v) is 9.45. The molecule has 40 heavy (non-hydrogen) atoms. The fourth-order valence-corrected chi connectivity index (χ4v) is 4.47. The molecule has 0 radical (unpaired) electrons. The lowest BCUT2D eigenvalue weighted by Gasteiger charge is -2.32. The molecule has 0 bridgehead atoms. The van der Waals surface area contributed by atoms with Gasteiger partial charge in [0, 0.05) is 28.6 Å². The highest BCUT2D eigenvalue weighted by Crippen LogP contribution is 2.38. The Balaban J connectivity index is 0.00000274. The van der Waals surface area contributed by atoms with Crippen LogP contribution in [-0.2, 0) is 19.9 Å². The summed E-state index contributed by atoms with van der Waals surface area (Å²) in [5.41, 5.74) is 0.490. The Labute approximate surface area is 250 Å². The van der Waals surface area contributed by atoms with E-state index in [1.807, 2.05) is 32.9 Å². The summed E-state index contributed by atoms with van der Waals surface area (Å²) in [7, 11) is 1.20. The largest absolute Gasteiger partial charge is 0.468 e. The first-order chi connectivity index (χ1) is 19.2. The Hall–Kier alpha value is -3.07.